The van der Waals surface area contributed by atoms with E-state index in [1.54, 1.807) is 11.4 Å². The monoisotopic (exact) mass is 424 g/mol. The topological polar surface area (TPSA) is 84.5 Å². The first kappa shape index (κ1) is 22.4. The van der Waals surface area contributed by atoms with Crippen LogP contribution in [0.2, 0.25) is 0 Å². The lowest BCUT2D eigenvalue weighted by atomic mass is 10.0. The summed E-state index contributed by atoms with van der Waals surface area (Å²) in [6.45, 7) is 6.73. The minimum atomic E-state index is -3.71. The molecule has 0 spiro atoms. The fraction of sp³-hybridized carbons (Fsp3) is 0.450. The second-order valence-electron chi connectivity index (χ2n) is 6.84. The van der Waals surface area contributed by atoms with E-state index in [-0.39, 0.29) is 16.0 Å². The van der Waals surface area contributed by atoms with Crippen LogP contribution < -0.4 is 14.8 Å². The van der Waals surface area contributed by atoms with E-state index in [9.17, 15) is 13.2 Å². The minimum absolute atomic E-state index is 0.191. The summed E-state index contributed by atoms with van der Waals surface area (Å²) < 4.78 is 33.2. The van der Waals surface area contributed by atoms with E-state index in [2.05, 4.69) is 17.0 Å². The lowest BCUT2D eigenvalue weighted by Gasteiger charge is -2.21. The predicted octanol–water partition coefficient (Wildman–Crippen LogP) is 3.55. The van der Waals surface area contributed by atoms with E-state index < -0.39 is 16.1 Å². The molecule has 1 atom stereocenters. The molecule has 8 heteroatoms. The van der Waals surface area contributed by atoms with Gasteiger partial charge in [-0.15, -0.1) is 11.3 Å². The molecule has 0 fully saturated rings. The summed E-state index contributed by atoms with van der Waals surface area (Å²) in [5.41, 5.74) is 0.916. The molecule has 154 valence electrons. The molecule has 28 heavy (non-hydrogen) atoms. The van der Waals surface area contributed by atoms with Crippen LogP contribution in [0.3, 0.4) is 0 Å². The van der Waals surface area contributed by atoms with Crippen molar-refractivity contribution in [1.29, 1.82) is 0 Å². The SMILES string of the molecule is CCCCOc1ccc(CNC(=O)[C@@H](NS(=O)(=O)c2cccs2)C(C)C)cc1. The third kappa shape index (κ3) is 6.61. The fourth-order valence-corrected chi connectivity index (χ4v) is 4.82. The molecule has 1 heterocycles. The highest BCUT2D eigenvalue weighted by Crippen LogP contribution is 2.17. The number of sulfonamides is 1. The number of hydrogen-bond acceptors (Lipinski definition) is 5. The van der Waals surface area contributed by atoms with Crippen LogP contribution in [0.15, 0.2) is 46.0 Å². The number of amides is 1. The van der Waals surface area contributed by atoms with Crippen LogP contribution in [0.4, 0.5) is 0 Å². The second-order valence-corrected chi connectivity index (χ2v) is 9.73. The van der Waals surface area contributed by atoms with E-state index >= 15 is 0 Å². The summed E-state index contributed by atoms with van der Waals surface area (Å²) in [4.78, 5) is 12.6. The largest absolute Gasteiger partial charge is 0.494 e. The Labute approximate surface area is 171 Å². The van der Waals surface area contributed by atoms with Gasteiger partial charge in [-0.25, -0.2) is 8.42 Å². The minimum Gasteiger partial charge on any atom is -0.494 e. The van der Waals surface area contributed by atoms with Gasteiger partial charge in [0.1, 0.15) is 16.0 Å². The summed E-state index contributed by atoms with van der Waals surface area (Å²) in [6, 6.07) is 9.87. The summed E-state index contributed by atoms with van der Waals surface area (Å²) in [5, 5.41) is 4.51. The zero-order valence-corrected chi connectivity index (χ0v) is 18.1. The van der Waals surface area contributed by atoms with Gasteiger partial charge in [0.25, 0.3) is 10.0 Å². The molecule has 0 aliphatic rings. The van der Waals surface area contributed by atoms with Crippen LogP contribution in [0.5, 0.6) is 5.75 Å². The molecule has 6 nitrogen and oxygen atoms in total. The van der Waals surface area contributed by atoms with Gasteiger partial charge in [0.2, 0.25) is 5.91 Å². The highest BCUT2D eigenvalue weighted by atomic mass is 32.2. The smallest absolute Gasteiger partial charge is 0.250 e. The quantitative estimate of drug-likeness (QED) is 0.540. The third-order valence-electron chi connectivity index (χ3n) is 4.15. The Morgan fingerprint density at radius 3 is 2.46 bits per heavy atom. The molecule has 0 bridgehead atoms. The average molecular weight is 425 g/mol. The van der Waals surface area contributed by atoms with Gasteiger partial charge in [0.05, 0.1) is 6.61 Å². The van der Waals surface area contributed by atoms with Gasteiger partial charge in [0, 0.05) is 6.54 Å². The molecule has 1 aromatic heterocycles. The van der Waals surface area contributed by atoms with Gasteiger partial charge >= 0.3 is 0 Å². The van der Waals surface area contributed by atoms with Gasteiger partial charge in [-0.2, -0.15) is 4.72 Å². The molecular formula is C20H28N2O4S2. The van der Waals surface area contributed by atoms with Crippen LogP contribution in [-0.2, 0) is 21.4 Å². The number of nitrogens with one attached hydrogen (secondary N) is 2. The molecule has 0 unspecified atom stereocenters. The van der Waals surface area contributed by atoms with Crippen LogP contribution in [0.1, 0.15) is 39.2 Å². The zero-order valence-electron chi connectivity index (χ0n) is 16.5. The Hall–Kier alpha value is -1.90. The molecule has 1 aromatic carbocycles. The lowest BCUT2D eigenvalue weighted by Crippen LogP contribution is -2.49. The normalized spacial score (nSPS) is 12.7. The highest BCUT2D eigenvalue weighted by Gasteiger charge is 2.28. The van der Waals surface area contributed by atoms with Crippen molar-refractivity contribution in [3.05, 3.63) is 47.3 Å². The Bertz CT molecular complexity index is 832. The summed E-state index contributed by atoms with van der Waals surface area (Å²) in [7, 11) is -3.71. The lowest BCUT2D eigenvalue weighted by molar-refractivity contribution is -0.123. The highest BCUT2D eigenvalue weighted by molar-refractivity contribution is 7.91. The number of hydrogen-bond donors (Lipinski definition) is 2. The first-order chi connectivity index (χ1) is 13.3. The maximum Gasteiger partial charge on any atom is 0.250 e. The third-order valence-corrected chi connectivity index (χ3v) is 6.99. The van der Waals surface area contributed by atoms with Crippen LogP contribution in [0, 0.1) is 5.92 Å². The summed E-state index contributed by atoms with van der Waals surface area (Å²) in [5.74, 6) is 0.259. The molecule has 1 amide bonds. The fourth-order valence-electron chi connectivity index (χ4n) is 2.47. The molecule has 0 saturated heterocycles. The zero-order chi connectivity index (χ0) is 20.6. The Kier molecular flexibility index (Phi) is 8.47. The predicted molar refractivity (Wildman–Crippen MR) is 112 cm³/mol. The Balaban J connectivity index is 1.93. The van der Waals surface area contributed by atoms with Crippen molar-refractivity contribution in [3.63, 3.8) is 0 Å². The molecule has 2 N–H and O–H groups in total. The van der Waals surface area contributed by atoms with Crippen LogP contribution in [-0.4, -0.2) is 27.0 Å². The van der Waals surface area contributed by atoms with Crippen LogP contribution in [0.25, 0.3) is 0 Å². The van der Waals surface area contributed by atoms with Crippen molar-refractivity contribution in [2.45, 2.75) is 50.4 Å². The van der Waals surface area contributed by atoms with E-state index in [4.69, 9.17) is 4.74 Å². The molecule has 2 aromatic rings. The maximum atomic E-state index is 12.6. The Morgan fingerprint density at radius 2 is 1.89 bits per heavy atom. The first-order valence-corrected chi connectivity index (χ1v) is 11.7. The van der Waals surface area contributed by atoms with Crippen molar-refractivity contribution in [2.24, 2.45) is 5.92 Å². The van der Waals surface area contributed by atoms with E-state index in [1.165, 1.54) is 6.07 Å². The van der Waals surface area contributed by atoms with Crippen molar-refractivity contribution in [2.75, 3.05) is 6.61 Å². The molecular weight excluding hydrogens is 396 g/mol. The molecule has 0 aliphatic carbocycles. The molecule has 2 rings (SSSR count). The Morgan fingerprint density at radius 1 is 1.18 bits per heavy atom. The van der Waals surface area contributed by atoms with Crippen LogP contribution >= 0.6 is 11.3 Å². The summed E-state index contributed by atoms with van der Waals surface area (Å²) >= 11 is 1.12. The van der Waals surface area contributed by atoms with E-state index in [0.29, 0.717) is 13.2 Å². The van der Waals surface area contributed by atoms with Gasteiger partial charge < -0.3 is 10.1 Å². The number of ether oxygens (including phenoxy) is 1. The van der Waals surface area contributed by atoms with Gasteiger partial charge in [-0.1, -0.05) is 45.4 Å². The number of carbonyl (C=O) groups excluding carboxylic acids is 1. The number of carbonyl (C=O) groups is 1. The number of thiophene rings is 1. The van der Waals surface area contributed by atoms with E-state index in [1.807, 2.05) is 38.1 Å². The number of benzene rings is 1. The van der Waals surface area contributed by atoms with E-state index in [0.717, 1.165) is 35.5 Å². The van der Waals surface area contributed by atoms with Crippen molar-refractivity contribution in [3.8, 4) is 5.75 Å². The second kappa shape index (κ2) is 10.6. The van der Waals surface area contributed by atoms with Crippen molar-refractivity contribution < 1.29 is 17.9 Å². The van der Waals surface area contributed by atoms with Crippen molar-refractivity contribution in [1.82, 2.24) is 10.0 Å². The molecule has 0 aliphatic heterocycles. The standard InChI is InChI=1S/C20H28N2O4S2/c1-4-5-12-26-17-10-8-16(9-11-17)14-21-20(23)19(15(2)3)22-28(24,25)18-7-6-13-27-18/h6-11,13,15,19,22H,4-5,12,14H2,1-3H3,(H,21,23)/t19-/m0/s1. The van der Waals surface area contributed by atoms with Crippen molar-refractivity contribution >= 4 is 27.3 Å². The summed E-state index contributed by atoms with van der Waals surface area (Å²) in [6.07, 6.45) is 2.09. The molecule has 0 radical (unpaired) electrons. The number of rotatable bonds is 11. The van der Waals surface area contributed by atoms with Gasteiger partial charge in [0.15, 0.2) is 0 Å². The number of unbranched alkanes of at least 4 members (excludes halogenated alkanes) is 1. The van der Waals surface area contributed by atoms with Gasteiger partial charge in [-0.3, -0.25) is 4.79 Å². The molecule has 0 saturated carbocycles. The maximum absolute atomic E-state index is 12.6. The first-order valence-electron chi connectivity index (χ1n) is 9.38. The average Bonchev–Trinajstić information content (AvgIpc) is 3.21. The van der Waals surface area contributed by atoms with Gasteiger partial charge in [-0.05, 0) is 41.5 Å².